The van der Waals surface area contributed by atoms with Crippen LogP contribution in [-0.2, 0) is 14.6 Å². The molecule has 1 aliphatic rings. The van der Waals surface area contributed by atoms with Gasteiger partial charge in [0.1, 0.15) is 0 Å². The quantitative estimate of drug-likeness (QED) is 0.733. The van der Waals surface area contributed by atoms with Gasteiger partial charge in [0.05, 0.1) is 23.7 Å². The van der Waals surface area contributed by atoms with E-state index < -0.39 is 14.6 Å². The molecule has 5 heteroatoms. The van der Waals surface area contributed by atoms with Gasteiger partial charge in [-0.1, -0.05) is 0 Å². The zero-order chi connectivity index (χ0) is 12.2. The van der Waals surface area contributed by atoms with E-state index >= 15 is 0 Å². The Balaban J connectivity index is 2.20. The summed E-state index contributed by atoms with van der Waals surface area (Å²) in [6.45, 7) is 8.21. The first-order chi connectivity index (χ1) is 7.33. The zero-order valence-corrected chi connectivity index (χ0v) is 11.3. The molecule has 1 heterocycles. The van der Waals surface area contributed by atoms with Gasteiger partial charge in [0, 0.05) is 6.54 Å². The molecule has 1 atom stereocenters. The number of ether oxygens (including phenoxy) is 1. The Kier molecular flexibility index (Phi) is 4.76. The van der Waals surface area contributed by atoms with Crippen molar-refractivity contribution in [2.45, 2.75) is 31.9 Å². The number of sulfone groups is 1. The summed E-state index contributed by atoms with van der Waals surface area (Å²) in [5, 5.41) is 3.26. The van der Waals surface area contributed by atoms with Crippen LogP contribution < -0.4 is 5.32 Å². The van der Waals surface area contributed by atoms with Crippen molar-refractivity contribution in [1.82, 2.24) is 5.32 Å². The molecule has 1 rings (SSSR count). The lowest BCUT2D eigenvalue weighted by Gasteiger charge is -2.19. The second-order valence-electron chi connectivity index (χ2n) is 5.36. The molecule has 1 fully saturated rings. The van der Waals surface area contributed by atoms with E-state index in [1.807, 2.05) is 0 Å². The van der Waals surface area contributed by atoms with Gasteiger partial charge in [0.2, 0.25) is 0 Å². The molecule has 0 radical (unpaired) electrons. The smallest absolute Gasteiger partial charge is 0.157 e. The van der Waals surface area contributed by atoms with Crippen LogP contribution in [0.15, 0.2) is 0 Å². The maximum atomic E-state index is 11.8. The van der Waals surface area contributed by atoms with Gasteiger partial charge in [-0.2, -0.15) is 0 Å². The zero-order valence-electron chi connectivity index (χ0n) is 10.5. The van der Waals surface area contributed by atoms with Gasteiger partial charge in [-0.15, -0.1) is 0 Å². The fourth-order valence-electron chi connectivity index (χ4n) is 1.58. The van der Waals surface area contributed by atoms with Gasteiger partial charge in [-0.3, -0.25) is 0 Å². The first-order valence-corrected chi connectivity index (χ1v) is 7.49. The Morgan fingerprint density at radius 3 is 2.56 bits per heavy atom. The normalized spacial score (nSPS) is 22.6. The van der Waals surface area contributed by atoms with Crippen molar-refractivity contribution < 1.29 is 13.2 Å². The van der Waals surface area contributed by atoms with Crippen LogP contribution in [0.1, 0.15) is 27.2 Å². The SMILES string of the molecule is CC(C)(C)S(=O)(=O)CCOCC1CCNC1. The van der Waals surface area contributed by atoms with Crippen LogP contribution in [0.3, 0.4) is 0 Å². The van der Waals surface area contributed by atoms with Crippen molar-refractivity contribution in [3.63, 3.8) is 0 Å². The molecule has 16 heavy (non-hydrogen) atoms. The topological polar surface area (TPSA) is 55.4 Å². The summed E-state index contributed by atoms with van der Waals surface area (Å²) >= 11 is 0. The maximum absolute atomic E-state index is 11.8. The summed E-state index contributed by atoms with van der Waals surface area (Å²) in [7, 11) is -3.03. The van der Waals surface area contributed by atoms with E-state index in [2.05, 4.69) is 5.32 Å². The molecule has 1 N–H and O–H groups in total. The largest absolute Gasteiger partial charge is 0.380 e. The van der Waals surface area contributed by atoms with Gasteiger partial charge in [0.25, 0.3) is 0 Å². The molecule has 0 bridgehead atoms. The van der Waals surface area contributed by atoms with Crippen molar-refractivity contribution in [2.24, 2.45) is 5.92 Å². The summed E-state index contributed by atoms with van der Waals surface area (Å²) in [6, 6.07) is 0. The molecule has 0 aromatic rings. The minimum atomic E-state index is -3.03. The number of hydrogen-bond acceptors (Lipinski definition) is 4. The highest BCUT2D eigenvalue weighted by atomic mass is 32.2. The third-order valence-electron chi connectivity index (χ3n) is 2.95. The Labute approximate surface area is 98.7 Å². The van der Waals surface area contributed by atoms with E-state index in [9.17, 15) is 8.42 Å². The van der Waals surface area contributed by atoms with Crippen molar-refractivity contribution >= 4 is 9.84 Å². The summed E-state index contributed by atoms with van der Waals surface area (Å²) in [6.07, 6.45) is 1.13. The van der Waals surface area contributed by atoms with Gasteiger partial charge < -0.3 is 10.1 Å². The standard InChI is InChI=1S/C11H23NO3S/c1-11(2,3)16(13,14)7-6-15-9-10-4-5-12-8-10/h10,12H,4-9H2,1-3H3. The Morgan fingerprint density at radius 2 is 2.06 bits per heavy atom. The molecular formula is C11H23NO3S. The van der Waals surface area contributed by atoms with E-state index in [1.165, 1.54) is 0 Å². The van der Waals surface area contributed by atoms with Crippen LogP contribution in [0, 0.1) is 5.92 Å². The van der Waals surface area contributed by atoms with E-state index in [-0.39, 0.29) is 5.75 Å². The third-order valence-corrected chi connectivity index (χ3v) is 5.52. The van der Waals surface area contributed by atoms with Crippen molar-refractivity contribution in [3.8, 4) is 0 Å². The van der Waals surface area contributed by atoms with Crippen molar-refractivity contribution in [2.75, 3.05) is 32.1 Å². The van der Waals surface area contributed by atoms with Gasteiger partial charge >= 0.3 is 0 Å². The van der Waals surface area contributed by atoms with Crippen LogP contribution in [0.25, 0.3) is 0 Å². The molecule has 0 saturated carbocycles. The molecule has 96 valence electrons. The second kappa shape index (κ2) is 5.47. The number of nitrogens with one attached hydrogen (secondary N) is 1. The molecule has 1 unspecified atom stereocenters. The predicted molar refractivity (Wildman–Crippen MR) is 65.3 cm³/mol. The molecule has 0 spiro atoms. The van der Waals surface area contributed by atoms with Crippen LogP contribution in [0.4, 0.5) is 0 Å². The first kappa shape index (κ1) is 13.9. The highest BCUT2D eigenvalue weighted by Crippen LogP contribution is 2.16. The summed E-state index contributed by atoms with van der Waals surface area (Å²) in [5.74, 6) is 0.675. The van der Waals surface area contributed by atoms with Crippen molar-refractivity contribution in [3.05, 3.63) is 0 Å². The third kappa shape index (κ3) is 4.03. The number of rotatable bonds is 5. The van der Waals surface area contributed by atoms with Gasteiger partial charge in [-0.05, 0) is 39.7 Å². The van der Waals surface area contributed by atoms with E-state index in [0.717, 1.165) is 19.5 Å². The average Bonchev–Trinajstić information content (AvgIpc) is 2.63. The first-order valence-electron chi connectivity index (χ1n) is 5.84. The lowest BCUT2D eigenvalue weighted by Crippen LogP contribution is -2.32. The highest BCUT2D eigenvalue weighted by molar-refractivity contribution is 7.92. The second-order valence-corrected chi connectivity index (χ2v) is 8.23. The predicted octanol–water partition coefficient (Wildman–Crippen LogP) is 0.826. The van der Waals surface area contributed by atoms with Crippen molar-refractivity contribution in [1.29, 1.82) is 0 Å². The Bertz CT molecular complexity index is 300. The van der Waals surface area contributed by atoms with Crippen LogP contribution in [-0.4, -0.2) is 45.2 Å². The average molecular weight is 249 g/mol. The lowest BCUT2D eigenvalue weighted by atomic mass is 10.1. The van der Waals surface area contributed by atoms with E-state index in [1.54, 1.807) is 20.8 Å². The monoisotopic (exact) mass is 249 g/mol. The molecule has 0 aromatic carbocycles. The van der Waals surface area contributed by atoms with Gasteiger partial charge in [-0.25, -0.2) is 8.42 Å². The highest BCUT2D eigenvalue weighted by Gasteiger charge is 2.28. The fourth-order valence-corrected chi connectivity index (χ4v) is 2.53. The fraction of sp³-hybridized carbons (Fsp3) is 1.00. The minimum absolute atomic E-state index is 0.122. The lowest BCUT2D eigenvalue weighted by molar-refractivity contribution is 0.117. The Morgan fingerprint density at radius 1 is 1.38 bits per heavy atom. The molecule has 1 aliphatic heterocycles. The Hall–Kier alpha value is -0.130. The van der Waals surface area contributed by atoms with Crippen LogP contribution >= 0.6 is 0 Å². The maximum Gasteiger partial charge on any atom is 0.157 e. The minimum Gasteiger partial charge on any atom is -0.380 e. The van der Waals surface area contributed by atoms with Crippen LogP contribution in [0.2, 0.25) is 0 Å². The molecule has 0 aliphatic carbocycles. The molecular weight excluding hydrogens is 226 g/mol. The summed E-state index contributed by atoms with van der Waals surface area (Å²) < 4.78 is 28.3. The molecule has 4 nitrogen and oxygen atoms in total. The molecule has 0 amide bonds. The summed E-state index contributed by atoms with van der Waals surface area (Å²) in [5.41, 5.74) is 0. The molecule has 0 aromatic heterocycles. The summed E-state index contributed by atoms with van der Waals surface area (Å²) in [4.78, 5) is 0. The van der Waals surface area contributed by atoms with E-state index in [4.69, 9.17) is 4.74 Å². The number of hydrogen-bond donors (Lipinski definition) is 1. The van der Waals surface area contributed by atoms with Crippen LogP contribution in [0.5, 0.6) is 0 Å². The van der Waals surface area contributed by atoms with Gasteiger partial charge in [0.15, 0.2) is 9.84 Å². The van der Waals surface area contributed by atoms with E-state index in [0.29, 0.717) is 19.1 Å². The molecule has 1 saturated heterocycles.